The Balaban J connectivity index is 2.04. The lowest BCUT2D eigenvalue weighted by Gasteiger charge is -2.13. The van der Waals surface area contributed by atoms with Crippen LogP contribution in [0.5, 0.6) is 5.75 Å². The van der Waals surface area contributed by atoms with Gasteiger partial charge in [-0.2, -0.15) is 13.2 Å². The van der Waals surface area contributed by atoms with E-state index in [0.29, 0.717) is 16.7 Å². The van der Waals surface area contributed by atoms with Crippen molar-refractivity contribution < 1.29 is 23.2 Å². The fourth-order valence-electron chi connectivity index (χ4n) is 2.08. The lowest BCUT2D eigenvalue weighted by Crippen LogP contribution is -2.13. The molecule has 0 unspecified atom stereocenters. The van der Waals surface area contributed by atoms with Crippen LogP contribution in [0.25, 0.3) is 0 Å². The number of nitrogens with one attached hydrogen (secondary N) is 1. The first-order valence-corrected chi connectivity index (χ1v) is 7.64. The third kappa shape index (κ3) is 5.09. The highest BCUT2D eigenvalue weighted by molar-refractivity contribution is 6.30. The maximum Gasteiger partial charge on any atom is 0.418 e. The van der Waals surface area contributed by atoms with E-state index in [1.54, 1.807) is 0 Å². The van der Waals surface area contributed by atoms with Gasteiger partial charge in [-0.15, -0.1) is 0 Å². The van der Waals surface area contributed by atoms with Crippen LogP contribution < -0.4 is 5.32 Å². The van der Waals surface area contributed by atoms with Crippen molar-refractivity contribution in [1.82, 2.24) is 0 Å². The molecule has 0 fully saturated rings. The zero-order chi connectivity index (χ0) is 19.3. The van der Waals surface area contributed by atoms with Crippen molar-refractivity contribution in [3.63, 3.8) is 0 Å². The van der Waals surface area contributed by atoms with E-state index in [4.69, 9.17) is 11.6 Å². The zero-order valence-corrected chi connectivity index (χ0v) is 13.9. The molecule has 0 spiro atoms. The zero-order valence-electron chi connectivity index (χ0n) is 13.1. The molecule has 0 aliphatic heterocycles. The van der Waals surface area contributed by atoms with E-state index in [1.807, 2.05) is 0 Å². The van der Waals surface area contributed by atoms with Crippen LogP contribution in [0.1, 0.15) is 11.1 Å². The molecule has 2 aromatic rings. The maximum atomic E-state index is 13.0. The van der Waals surface area contributed by atoms with Crippen molar-refractivity contribution in [2.45, 2.75) is 6.18 Å². The SMILES string of the molecule is O=[N+]([O-])c1ccc(NCCN=Cc2cc(Cl)ccc2O)c(C(F)(F)F)c1. The molecule has 0 atom stereocenters. The second-order valence-corrected chi connectivity index (χ2v) is 5.59. The summed E-state index contributed by atoms with van der Waals surface area (Å²) < 4.78 is 39.1. The number of halogens is 4. The highest BCUT2D eigenvalue weighted by Gasteiger charge is 2.35. The van der Waals surface area contributed by atoms with Gasteiger partial charge < -0.3 is 10.4 Å². The number of aromatic hydroxyl groups is 1. The summed E-state index contributed by atoms with van der Waals surface area (Å²) >= 11 is 5.79. The Morgan fingerprint density at radius 2 is 2.00 bits per heavy atom. The summed E-state index contributed by atoms with van der Waals surface area (Å²) in [6.07, 6.45) is -3.38. The van der Waals surface area contributed by atoms with Gasteiger partial charge in [-0.05, 0) is 24.3 Å². The summed E-state index contributed by atoms with van der Waals surface area (Å²) in [4.78, 5) is 13.8. The summed E-state index contributed by atoms with van der Waals surface area (Å²) in [7, 11) is 0. The second-order valence-electron chi connectivity index (χ2n) is 5.15. The molecule has 6 nitrogen and oxygen atoms in total. The van der Waals surface area contributed by atoms with Crippen LogP contribution in [0.15, 0.2) is 41.4 Å². The first kappa shape index (κ1) is 19.5. The van der Waals surface area contributed by atoms with Crippen molar-refractivity contribution in [3.05, 3.63) is 62.7 Å². The van der Waals surface area contributed by atoms with Gasteiger partial charge in [-0.1, -0.05) is 11.6 Å². The minimum absolute atomic E-state index is 0.0270. The number of hydrogen-bond acceptors (Lipinski definition) is 5. The molecule has 2 rings (SSSR count). The van der Waals surface area contributed by atoms with E-state index < -0.39 is 22.4 Å². The monoisotopic (exact) mass is 387 g/mol. The van der Waals surface area contributed by atoms with Crippen molar-refractivity contribution in [2.24, 2.45) is 4.99 Å². The van der Waals surface area contributed by atoms with Crippen molar-refractivity contribution in [3.8, 4) is 5.75 Å². The highest BCUT2D eigenvalue weighted by atomic mass is 35.5. The number of phenols is 1. The Morgan fingerprint density at radius 1 is 1.27 bits per heavy atom. The Morgan fingerprint density at radius 3 is 2.65 bits per heavy atom. The normalized spacial score (nSPS) is 11.7. The van der Waals surface area contributed by atoms with Gasteiger partial charge >= 0.3 is 6.18 Å². The van der Waals surface area contributed by atoms with Crippen LogP contribution in [0.3, 0.4) is 0 Å². The van der Waals surface area contributed by atoms with E-state index in [2.05, 4.69) is 10.3 Å². The van der Waals surface area contributed by atoms with Gasteiger partial charge in [0.1, 0.15) is 5.75 Å². The van der Waals surface area contributed by atoms with E-state index in [0.717, 1.165) is 12.1 Å². The number of nitro groups is 1. The standard InChI is InChI=1S/C16H13ClF3N3O3/c17-11-1-4-15(24)10(7-11)9-21-5-6-22-14-3-2-12(23(25)26)8-13(14)16(18,19)20/h1-4,7-9,22,24H,5-6H2. The maximum absolute atomic E-state index is 13.0. The van der Waals surface area contributed by atoms with Gasteiger partial charge in [0.05, 0.1) is 17.0 Å². The summed E-state index contributed by atoms with van der Waals surface area (Å²) in [6, 6.07) is 6.87. The summed E-state index contributed by atoms with van der Waals surface area (Å²) in [5.74, 6) is -0.0270. The number of anilines is 1. The molecule has 0 saturated carbocycles. The number of nitro benzene ring substituents is 1. The van der Waals surface area contributed by atoms with Crippen LogP contribution in [0.2, 0.25) is 5.02 Å². The average Bonchev–Trinajstić information content (AvgIpc) is 2.56. The first-order chi connectivity index (χ1) is 12.2. The number of non-ortho nitro benzene ring substituents is 1. The number of alkyl halides is 3. The number of phenolic OH excluding ortho intramolecular Hbond substituents is 1. The van der Waals surface area contributed by atoms with E-state index >= 15 is 0 Å². The molecular formula is C16H13ClF3N3O3. The largest absolute Gasteiger partial charge is 0.507 e. The van der Waals surface area contributed by atoms with Gasteiger partial charge in [0.25, 0.3) is 5.69 Å². The fourth-order valence-corrected chi connectivity index (χ4v) is 2.26. The lowest BCUT2D eigenvalue weighted by molar-refractivity contribution is -0.385. The molecule has 10 heteroatoms. The van der Waals surface area contributed by atoms with E-state index in [1.165, 1.54) is 24.4 Å². The Kier molecular flexibility index (Phi) is 6.04. The molecular weight excluding hydrogens is 375 g/mol. The van der Waals surface area contributed by atoms with Crippen LogP contribution in [0.4, 0.5) is 24.5 Å². The molecule has 2 aromatic carbocycles. The minimum Gasteiger partial charge on any atom is -0.507 e. The molecule has 2 N–H and O–H groups in total. The molecule has 0 amide bonds. The Bertz CT molecular complexity index is 841. The Labute approximate surface area is 151 Å². The van der Waals surface area contributed by atoms with E-state index in [9.17, 15) is 28.4 Å². The third-order valence-corrected chi connectivity index (χ3v) is 3.53. The van der Waals surface area contributed by atoms with Crippen molar-refractivity contribution >= 4 is 29.2 Å². The second kappa shape index (κ2) is 8.05. The highest BCUT2D eigenvalue weighted by Crippen LogP contribution is 2.36. The number of rotatable bonds is 6. The number of hydrogen-bond donors (Lipinski definition) is 2. The van der Waals surface area contributed by atoms with Crippen LogP contribution in [0, 0.1) is 10.1 Å². The molecule has 0 saturated heterocycles. The molecule has 0 aromatic heterocycles. The number of nitrogens with zero attached hydrogens (tertiary/aromatic N) is 2. The summed E-state index contributed by atoms with van der Waals surface area (Å²) in [5.41, 5.74) is -1.66. The third-order valence-electron chi connectivity index (χ3n) is 3.30. The van der Waals surface area contributed by atoms with Gasteiger partial charge in [-0.25, -0.2) is 0 Å². The predicted molar refractivity (Wildman–Crippen MR) is 92.2 cm³/mol. The van der Waals surface area contributed by atoms with Gasteiger partial charge in [-0.3, -0.25) is 15.1 Å². The van der Waals surface area contributed by atoms with Crippen LogP contribution >= 0.6 is 11.6 Å². The Hall–Kier alpha value is -2.81. The summed E-state index contributed by atoms with van der Waals surface area (Å²) in [6.45, 7) is 0.166. The number of benzene rings is 2. The minimum atomic E-state index is -4.73. The fraction of sp³-hybridized carbons (Fsp3) is 0.188. The smallest absolute Gasteiger partial charge is 0.418 e. The van der Waals surface area contributed by atoms with E-state index in [-0.39, 0.29) is 24.5 Å². The molecule has 138 valence electrons. The lowest BCUT2D eigenvalue weighted by atomic mass is 10.1. The molecule has 0 aliphatic carbocycles. The quantitative estimate of drug-likeness (QED) is 0.330. The topological polar surface area (TPSA) is 87.8 Å². The van der Waals surface area contributed by atoms with Gasteiger partial charge in [0, 0.05) is 41.2 Å². The molecule has 0 bridgehead atoms. The number of aliphatic imine (C=N–C) groups is 1. The van der Waals surface area contributed by atoms with Gasteiger partial charge in [0.2, 0.25) is 0 Å². The summed E-state index contributed by atoms with van der Waals surface area (Å²) in [5, 5.41) is 23.2. The molecule has 0 heterocycles. The van der Waals surface area contributed by atoms with Crippen molar-refractivity contribution in [2.75, 3.05) is 18.4 Å². The molecule has 0 aliphatic rings. The molecule has 26 heavy (non-hydrogen) atoms. The van der Waals surface area contributed by atoms with Gasteiger partial charge in [0.15, 0.2) is 0 Å². The van der Waals surface area contributed by atoms with Crippen molar-refractivity contribution in [1.29, 1.82) is 0 Å². The average molecular weight is 388 g/mol. The van der Waals surface area contributed by atoms with Crippen LogP contribution in [-0.2, 0) is 6.18 Å². The predicted octanol–water partition coefficient (Wildman–Crippen LogP) is 4.50. The molecule has 0 radical (unpaired) electrons. The van der Waals surface area contributed by atoms with Crippen LogP contribution in [-0.4, -0.2) is 29.3 Å². The first-order valence-electron chi connectivity index (χ1n) is 7.26.